The summed E-state index contributed by atoms with van der Waals surface area (Å²) in [5.41, 5.74) is 4.75. The standard InChI is InChI=1S/C8H15F2NO2S/c9-7(10)6-8(11)2-1-4-14(12,13)5-3-8/h7H,1-6,11H2. The van der Waals surface area contributed by atoms with E-state index in [9.17, 15) is 17.2 Å². The molecule has 0 aliphatic carbocycles. The van der Waals surface area contributed by atoms with Gasteiger partial charge in [0.25, 0.3) is 0 Å². The van der Waals surface area contributed by atoms with Gasteiger partial charge in [0.05, 0.1) is 11.5 Å². The van der Waals surface area contributed by atoms with Crippen LogP contribution in [0.2, 0.25) is 0 Å². The Morgan fingerprint density at radius 3 is 2.50 bits per heavy atom. The van der Waals surface area contributed by atoms with Crippen molar-refractivity contribution in [3.05, 3.63) is 0 Å². The van der Waals surface area contributed by atoms with Crippen molar-refractivity contribution in [2.75, 3.05) is 11.5 Å². The van der Waals surface area contributed by atoms with E-state index in [-0.39, 0.29) is 17.9 Å². The summed E-state index contributed by atoms with van der Waals surface area (Å²) in [6, 6.07) is 0. The van der Waals surface area contributed by atoms with Crippen LogP contribution in [0.1, 0.15) is 25.7 Å². The summed E-state index contributed by atoms with van der Waals surface area (Å²) in [5.74, 6) is 0.0193. The summed E-state index contributed by atoms with van der Waals surface area (Å²) >= 11 is 0. The van der Waals surface area contributed by atoms with Gasteiger partial charge in [0.15, 0.2) is 0 Å². The Hall–Kier alpha value is -0.230. The molecular weight excluding hydrogens is 212 g/mol. The fraction of sp³-hybridized carbons (Fsp3) is 1.00. The molecular formula is C8H15F2NO2S. The molecule has 84 valence electrons. The molecule has 3 nitrogen and oxygen atoms in total. The molecule has 0 saturated carbocycles. The minimum atomic E-state index is -3.05. The summed E-state index contributed by atoms with van der Waals surface area (Å²) < 4.78 is 46.7. The van der Waals surface area contributed by atoms with E-state index in [0.717, 1.165) is 0 Å². The van der Waals surface area contributed by atoms with Gasteiger partial charge in [-0.2, -0.15) is 0 Å². The number of halogens is 2. The van der Waals surface area contributed by atoms with E-state index < -0.39 is 28.2 Å². The molecule has 1 aliphatic heterocycles. The van der Waals surface area contributed by atoms with Crippen LogP contribution in [0.5, 0.6) is 0 Å². The molecule has 1 rings (SSSR count). The fourth-order valence-electron chi connectivity index (χ4n) is 1.74. The average Bonchev–Trinajstić information content (AvgIpc) is 2.10. The number of hydrogen-bond donors (Lipinski definition) is 1. The zero-order chi connectivity index (χ0) is 10.8. The third kappa shape index (κ3) is 3.49. The lowest BCUT2D eigenvalue weighted by atomic mass is 9.89. The molecule has 0 amide bonds. The Balaban J connectivity index is 2.65. The van der Waals surface area contributed by atoms with Gasteiger partial charge in [-0.15, -0.1) is 0 Å². The van der Waals surface area contributed by atoms with Crippen molar-refractivity contribution in [2.45, 2.75) is 37.6 Å². The second-order valence-electron chi connectivity index (χ2n) is 3.96. The molecule has 1 aliphatic rings. The fourth-order valence-corrected chi connectivity index (χ4v) is 3.25. The molecule has 0 aromatic rings. The first-order valence-electron chi connectivity index (χ1n) is 4.60. The van der Waals surface area contributed by atoms with Gasteiger partial charge in [0, 0.05) is 12.0 Å². The highest BCUT2D eigenvalue weighted by Crippen LogP contribution is 2.26. The van der Waals surface area contributed by atoms with Gasteiger partial charge >= 0.3 is 0 Å². The lowest BCUT2D eigenvalue weighted by molar-refractivity contribution is 0.100. The predicted molar refractivity (Wildman–Crippen MR) is 50.0 cm³/mol. The van der Waals surface area contributed by atoms with Crippen molar-refractivity contribution in [3.8, 4) is 0 Å². The van der Waals surface area contributed by atoms with E-state index in [1.54, 1.807) is 0 Å². The molecule has 0 aromatic heterocycles. The van der Waals surface area contributed by atoms with Crippen LogP contribution in [0, 0.1) is 0 Å². The third-order valence-corrected chi connectivity index (χ3v) is 4.34. The molecule has 0 spiro atoms. The SMILES string of the molecule is NC1(CC(F)F)CCCS(=O)(=O)CC1. The van der Waals surface area contributed by atoms with Crippen LogP contribution in [0.25, 0.3) is 0 Å². The zero-order valence-electron chi connectivity index (χ0n) is 7.88. The summed E-state index contributed by atoms with van der Waals surface area (Å²) in [5, 5.41) is 0. The maximum absolute atomic E-state index is 12.2. The Bertz CT molecular complexity index is 292. The summed E-state index contributed by atoms with van der Waals surface area (Å²) in [6.45, 7) is 0. The average molecular weight is 227 g/mol. The van der Waals surface area contributed by atoms with Crippen molar-refractivity contribution < 1.29 is 17.2 Å². The molecule has 1 fully saturated rings. The number of alkyl halides is 2. The minimum absolute atomic E-state index is 0.0593. The van der Waals surface area contributed by atoms with Gasteiger partial charge in [0.2, 0.25) is 6.43 Å². The van der Waals surface area contributed by atoms with Crippen molar-refractivity contribution in [2.24, 2.45) is 5.73 Å². The Morgan fingerprint density at radius 1 is 1.29 bits per heavy atom. The highest BCUT2D eigenvalue weighted by Gasteiger charge is 2.33. The van der Waals surface area contributed by atoms with E-state index in [1.165, 1.54) is 0 Å². The van der Waals surface area contributed by atoms with E-state index >= 15 is 0 Å². The second-order valence-corrected chi connectivity index (χ2v) is 6.27. The molecule has 1 unspecified atom stereocenters. The van der Waals surface area contributed by atoms with Gasteiger partial charge in [-0.1, -0.05) is 0 Å². The second kappa shape index (κ2) is 4.10. The summed E-state index contributed by atoms with van der Waals surface area (Å²) in [7, 11) is -3.05. The Morgan fingerprint density at radius 2 is 1.93 bits per heavy atom. The normalized spacial score (nSPS) is 32.9. The molecule has 14 heavy (non-hydrogen) atoms. The van der Waals surface area contributed by atoms with Gasteiger partial charge in [-0.3, -0.25) is 0 Å². The number of sulfone groups is 1. The van der Waals surface area contributed by atoms with Crippen LogP contribution in [-0.4, -0.2) is 31.9 Å². The van der Waals surface area contributed by atoms with Gasteiger partial charge in [0.1, 0.15) is 9.84 Å². The minimum Gasteiger partial charge on any atom is -0.325 e. The first kappa shape index (κ1) is 11.8. The number of rotatable bonds is 2. The largest absolute Gasteiger partial charge is 0.325 e. The molecule has 0 aromatic carbocycles. The molecule has 1 saturated heterocycles. The predicted octanol–water partition coefficient (Wildman–Crippen LogP) is 0.938. The van der Waals surface area contributed by atoms with E-state index in [0.29, 0.717) is 12.8 Å². The molecule has 2 N–H and O–H groups in total. The lowest BCUT2D eigenvalue weighted by Crippen LogP contribution is -2.42. The molecule has 0 bridgehead atoms. The topological polar surface area (TPSA) is 60.2 Å². The Kier molecular flexibility index (Phi) is 3.47. The maximum Gasteiger partial charge on any atom is 0.240 e. The first-order chi connectivity index (χ1) is 6.33. The van der Waals surface area contributed by atoms with Crippen LogP contribution in [0.4, 0.5) is 8.78 Å². The van der Waals surface area contributed by atoms with Gasteiger partial charge in [-0.05, 0) is 19.3 Å². The number of hydrogen-bond acceptors (Lipinski definition) is 3. The molecule has 6 heteroatoms. The molecule has 1 heterocycles. The van der Waals surface area contributed by atoms with Crippen LogP contribution in [0.3, 0.4) is 0 Å². The Labute approximate surface area is 82.6 Å². The van der Waals surface area contributed by atoms with Gasteiger partial charge in [-0.25, -0.2) is 17.2 Å². The lowest BCUT2D eigenvalue weighted by Gasteiger charge is -2.26. The van der Waals surface area contributed by atoms with Crippen molar-refractivity contribution in [3.63, 3.8) is 0 Å². The molecule has 0 radical (unpaired) electrons. The summed E-state index contributed by atoms with van der Waals surface area (Å²) in [4.78, 5) is 0. The zero-order valence-corrected chi connectivity index (χ0v) is 8.69. The highest BCUT2D eigenvalue weighted by molar-refractivity contribution is 7.91. The quantitative estimate of drug-likeness (QED) is 0.763. The van der Waals surface area contributed by atoms with E-state index in [1.807, 2.05) is 0 Å². The number of nitrogens with two attached hydrogens (primary N) is 1. The van der Waals surface area contributed by atoms with Crippen LogP contribution >= 0.6 is 0 Å². The smallest absolute Gasteiger partial charge is 0.240 e. The van der Waals surface area contributed by atoms with E-state index in [4.69, 9.17) is 5.73 Å². The van der Waals surface area contributed by atoms with Crippen molar-refractivity contribution in [1.82, 2.24) is 0 Å². The van der Waals surface area contributed by atoms with Crippen LogP contribution in [-0.2, 0) is 9.84 Å². The third-order valence-electron chi connectivity index (χ3n) is 2.60. The van der Waals surface area contributed by atoms with Crippen molar-refractivity contribution >= 4 is 9.84 Å². The maximum atomic E-state index is 12.2. The highest BCUT2D eigenvalue weighted by atomic mass is 32.2. The monoisotopic (exact) mass is 227 g/mol. The van der Waals surface area contributed by atoms with Gasteiger partial charge < -0.3 is 5.73 Å². The molecule has 1 atom stereocenters. The first-order valence-corrected chi connectivity index (χ1v) is 6.43. The van der Waals surface area contributed by atoms with Crippen LogP contribution < -0.4 is 5.73 Å². The summed E-state index contributed by atoms with van der Waals surface area (Å²) in [6.07, 6.45) is -1.94. The van der Waals surface area contributed by atoms with Crippen molar-refractivity contribution in [1.29, 1.82) is 0 Å². The van der Waals surface area contributed by atoms with Crippen LogP contribution in [0.15, 0.2) is 0 Å². The van der Waals surface area contributed by atoms with E-state index in [2.05, 4.69) is 0 Å².